The summed E-state index contributed by atoms with van der Waals surface area (Å²) >= 11 is 0. The van der Waals surface area contributed by atoms with E-state index in [0.29, 0.717) is 6.61 Å². The molecule has 0 spiro atoms. The topological polar surface area (TPSA) is 41.6 Å². The Labute approximate surface area is 113 Å². The van der Waals surface area contributed by atoms with E-state index in [9.17, 15) is 4.79 Å². The van der Waals surface area contributed by atoms with Crippen LogP contribution in [0.4, 0.5) is 10.5 Å². The first-order valence-corrected chi connectivity index (χ1v) is 6.30. The van der Waals surface area contributed by atoms with Crippen LogP contribution in [0.2, 0.25) is 0 Å². The molecular weight excluding hydrogens is 240 g/mol. The zero-order valence-electron chi connectivity index (χ0n) is 11.2. The molecule has 0 fully saturated rings. The normalized spacial score (nSPS) is 16.2. The second-order valence-electron chi connectivity index (χ2n) is 4.50. The fourth-order valence-electron chi connectivity index (χ4n) is 1.82. The van der Waals surface area contributed by atoms with Crippen LogP contribution in [0.25, 0.3) is 0 Å². The summed E-state index contributed by atoms with van der Waals surface area (Å²) < 4.78 is 4.89. The summed E-state index contributed by atoms with van der Waals surface area (Å²) in [5.41, 5.74) is 0.561. The molecule has 1 aromatic rings. The van der Waals surface area contributed by atoms with Gasteiger partial charge in [-0.05, 0) is 38.1 Å². The largest absolute Gasteiger partial charge is 0.450 e. The Kier molecular flexibility index (Phi) is 3.90. The van der Waals surface area contributed by atoms with Crippen molar-refractivity contribution in [3.05, 3.63) is 54.9 Å². The van der Waals surface area contributed by atoms with Crippen molar-refractivity contribution in [3.63, 3.8) is 0 Å². The number of nitrogens with zero attached hydrogens (tertiary/aromatic N) is 1. The molecule has 1 aliphatic heterocycles. The number of hydrogen-bond acceptors (Lipinski definition) is 3. The van der Waals surface area contributed by atoms with Crippen molar-refractivity contribution >= 4 is 11.8 Å². The van der Waals surface area contributed by atoms with Gasteiger partial charge in [0.25, 0.3) is 0 Å². The van der Waals surface area contributed by atoms with Gasteiger partial charge < -0.3 is 15.0 Å². The molecule has 0 aromatic heterocycles. The lowest BCUT2D eigenvalue weighted by Gasteiger charge is -2.29. The fourth-order valence-corrected chi connectivity index (χ4v) is 1.82. The smallest absolute Gasteiger partial charge is 0.408 e. The zero-order chi connectivity index (χ0) is 13.7. The summed E-state index contributed by atoms with van der Waals surface area (Å²) in [7, 11) is 0. The molecule has 19 heavy (non-hydrogen) atoms. The molecule has 2 rings (SSSR count). The summed E-state index contributed by atoms with van der Waals surface area (Å²) in [6, 6.07) is 10.0. The van der Waals surface area contributed by atoms with Crippen LogP contribution < -0.4 is 10.2 Å². The molecule has 1 aromatic carbocycles. The Morgan fingerprint density at radius 2 is 1.89 bits per heavy atom. The van der Waals surface area contributed by atoms with Crippen LogP contribution in [0, 0.1) is 0 Å². The number of rotatable bonds is 3. The number of alkyl carbamates (subject to hydrolysis) is 1. The molecule has 1 aliphatic rings. The highest BCUT2D eigenvalue weighted by atomic mass is 16.5. The van der Waals surface area contributed by atoms with Gasteiger partial charge in [0.15, 0.2) is 0 Å². The van der Waals surface area contributed by atoms with Gasteiger partial charge in [0.1, 0.15) is 0 Å². The van der Waals surface area contributed by atoms with Gasteiger partial charge in [0.2, 0.25) is 0 Å². The molecule has 1 heterocycles. The lowest BCUT2D eigenvalue weighted by atomic mass is 10.0. The lowest BCUT2D eigenvalue weighted by Crippen LogP contribution is -2.44. The molecule has 100 valence electrons. The lowest BCUT2D eigenvalue weighted by molar-refractivity contribution is 0.147. The SMILES string of the molecule is CCOC(=O)NC1(C)C=CN(c2ccccc2)C=C1. The molecule has 4 heteroatoms. The number of benzene rings is 1. The van der Waals surface area contributed by atoms with Crippen molar-refractivity contribution in [3.8, 4) is 0 Å². The summed E-state index contributed by atoms with van der Waals surface area (Å²) in [5, 5.41) is 2.81. The van der Waals surface area contributed by atoms with Crippen LogP contribution >= 0.6 is 0 Å². The third kappa shape index (κ3) is 3.37. The van der Waals surface area contributed by atoms with Gasteiger partial charge in [-0.15, -0.1) is 0 Å². The van der Waals surface area contributed by atoms with Gasteiger partial charge in [0, 0.05) is 18.1 Å². The number of carbonyl (C=O) groups is 1. The van der Waals surface area contributed by atoms with Crippen molar-refractivity contribution in [2.75, 3.05) is 11.5 Å². The summed E-state index contributed by atoms with van der Waals surface area (Å²) in [6.07, 6.45) is 7.31. The number of carbonyl (C=O) groups excluding carboxylic acids is 1. The van der Waals surface area contributed by atoms with Crippen molar-refractivity contribution in [2.24, 2.45) is 0 Å². The fraction of sp³-hybridized carbons (Fsp3) is 0.267. The predicted molar refractivity (Wildman–Crippen MR) is 75.8 cm³/mol. The Morgan fingerprint density at radius 1 is 1.26 bits per heavy atom. The van der Waals surface area contributed by atoms with Crippen LogP contribution in [0.3, 0.4) is 0 Å². The predicted octanol–water partition coefficient (Wildman–Crippen LogP) is 3.04. The van der Waals surface area contributed by atoms with Crippen LogP contribution in [-0.2, 0) is 4.74 Å². The number of nitrogens with one attached hydrogen (secondary N) is 1. The van der Waals surface area contributed by atoms with Crippen molar-refractivity contribution in [1.82, 2.24) is 5.32 Å². The van der Waals surface area contributed by atoms with E-state index in [0.717, 1.165) is 5.69 Å². The average molecular weight is 258 g/mol. The first-order valence-electron chi connectivity index (χ1n) is 6.30. The number of hydrogen-bond donors (Lipinski definition) is 1. The van der Waals surface area contributed by atoms with E-state index in [-0.39, 0.29) is 0 Å². The van der Waals surface area contributed by atoms with Crippen molar-refractivity contribution < 1.29 is 9.53 Å². The van der Waals surface area contributed by atoms with Gasteiger partial charge in [0.05, 0.1) is 12.1 Å². The summed E-state index contributed by atoms with van der Waals surface area (Å²) in [4.78, 5) is 13.4. The van der Waals surface area contributed by atoms with Crippen LogP contribution in [-0.4, -0.2) is 18.2 Å². The van der Waals surface area contributed by atoms with Crippen molar-refractivity contribution in [2.45, 2.75) is 19.4 Å². The standard InChI is InChI=1S/C15H18N2O2/c1-3-19-14(18)16-15(2)9-11-17(12-10-15)13-7-5-4-6-8-13/h4-12H,3H2,1-2H3,(H,16,18). The van der Waals surface area contributed by atoms with E-state index in [1.54, 1.807) is 6.92 Å². The maximum absolute atomic E-state index is 11.5. The molecule has 0 saturated carbocycles. The molecule has 4 nitrogen and oxygen atoms in total. The molecule has 0 bridgehead atoms. The molecule has 0 aliphatic carbocycles. The Hall–Kier alpha value is -2.23. The molecule has 0 saturated heterocycles. The van der Waals surface area contributed by atoms with E-state index >= 15 is 0 Å². The molecule has 1 N–H and O–H groups in total. The molecule has 0 unspecified atom stereocenters. The number of para-hydroxylation sites is 1. The summed E-state index contributed by atoms with van der Waals surface area (Å²) in [5.74, 6) is 0. The van der Waals surface area contributed by atoms with E-state index < -0.39 is 11.6 Å². The minimum atomic E-state index is -0.516. The van der Waals surface area contributed by atoms with Crippen LogP contribution in [0.1, 0.15) is 13.8 Å². The molecule has 0 radical (unpaired) electrons. The van der Waals surface area contributed by atoms with Gasteiger partial charge in [-0.3, -0.25) is 0 Å². The minimum Gasteiger partial charge on any atom is -0.450 e. The third-order valence-electron chi connectivity index (χ3n) is 2.86. The van der Waals surface area contributed by atoms with Crippen LogP contribution in [0.5, 0.6) is 0 Å². The highest BCUT2D eigenvalue weighted by molar-refractivity contribution is 5.69. The maximum atomic E-state index is 11.5. The van der Waals surface area contributed by atoms with E-state index in [1.807, 2.05) is 66.7 Å². The molecule has 1 amide bonds. The quantitative estimate of drug-likeness (QED) is 0.906. The van der Waals surface area contributed by atoms with Crippen molar-refractivity contribution in [1.29, 1.82) is 0 Å². The number of anilines is 1. The minimum absolute atomic E-state index is 0.367. The first-order chi connectivity index (χ1) is 9.13. The van der Waals surface area contributed by atoms with E-state index in [1.165, 1.54) is 0 Å². The van der Waals surface area contributed by atoms with Crippen LogP contribution in [0.15, 0.2) is 54.9 Å². The Morgan fingerprint density at radius 3 is 2.47 bits per heavy atom. The average Bonchev–Trinajstić information content (AvgIpc) is 2.40. The second kappa shape index (κ2) is 5.61. The zero-order valence-corrected chi connectivity index (χ0v) is 11.2. The number of ether oxygens (including phenoxy) is 1. The molecular formula is C15H18N2O2. The number of amides is 1. The van der Waals surface area contributed by atoms with Gasteiger partial charge in [-0.1, -0.05) is 18.2 Å². The van der Waals surface area contributed by atoms with E-state index in [4.69, 9.17) is 4.74 Å². The Bertz CT molecular complexity index is 480. The first kappa shape index (κ1) is 13.2. The van der Waals surface area contributed by atoms with Gasteiger partial charge >= 0.3 is 6.09 Å². The van der Waals surface area contributed by atoms with E-state index in [2.05, 4.69) is 5.32 Å². The summed E-state index contributed by atoms with van der Waals surface area (Å²) in [6.45, 7) is 4.07. The van der Waals surface area contributed by atoms with Gasteiger partial charge in [-0.2, -0.15) is 0 Å². The van der Waals surface area contributed by atoms with Gasteiger partial charge in [-0.25, -0.2) is 4.79 Å². The third-order valence-corrected chi connectivity index (χ3v) is 2.86. The highest BCUT2D eigenvalue weighted by Crippen LogP contribution is 2.21. The molecule has 0 atom stereocenters. The monoisotopic (exact) mass is 258 g/mol. The second-order valence-corrected chi connectivity index (χ2v) is 4.50. The maximum Gasteiger partial charge on any atom is 0.408 e. The Balaban J connectivity index is 2.04. The highest BCUT2D eigenvalue weighted by Gasteiger charge is 2.23.